The third kappa shape index (κ3) is 1.52. The van der Waals surface area contributed by atoms with Crippen molar-refractivity contribution in [2.24, 2.45) is 0 Å². The van der Waals surface area contributed by atoms with E-state index in [9.17, 15) is 14.9 Å². The number of aromatic carboxylic acids is 1. The van der Waals surface area contributed by atoms with E-state index in [1.165, 1.54) is 6.07 Å². The van der Waals surface area contributed by atoms with Crippen molar-refractivity contribution in [3.63, 3.8) is 0 Å². The van der Waals surface area contributed by atoms with Crippen LogP contribution in [0, 0.1) is 10.1 Å². The smallest absolute Gasteiger partial charge is 0.336 e. The Morgan fingerprint density at radius 3 is 2.81 bits per heavy atom. The van der Waals surface area contributed by atoms with E-state index >= 15 is 0 Å². The van der Waals surface area contributed by atoms with Crippen LogP contribution in [-0.2, 0) is 0 Å². The summed E-state index contributed by atoms with van der Waals surface area (Å²) >= 11 is 3.08. The lowest BCUT2D eigenvalue weighted by molar-refractivity contribution is -0.383. The average molecular weight is 286 g/mol. The van der Waals surface area contributed by atoms with Gasteiger partial charge < -0.3 is 5.11 Å². The molecule has 7 nitrogen and oxygen atoms in total. The predicted molar refractivity (Wildman–Crippen MR) is 57.4 cm³/mol. The van der Waals surface area contributed by atoms with Crippen LogP contribution < -0.4 is 0 Å². The Kier molecular flexibility index (Phi) is 2.35. The number of aromatic nitrogens is 2. The van der Waals surface area contributed by atoms with Crippen molar-refractivity contribution in [3.05, 3.63) is 32.4 Å². The number of nitro groups is 1. The molecule has 1 aromatic heterocycles. The van der Waals surface area contributed by atoms with Gasteiger partial charge in [0.1, 0.15) is 15.5 Å². The molecule has 2 rings (SSSR count). The molecule has 0 saturated heterocycles. The Bertz CT molecular complexity index is 607. The molecule has 0 atom stereocenters. The number of nitrogens with one attached hydrogen (secondary N) is 1. The highest BCUT2D eigenvalue weighted by atomic mass is 79.9. The largest absolute Gasteiger partial charge is 0.478 e. The Labute approximate surface area is 96.4 Å². The lowest BCUT2D eigenvalue weighted by Crippen LogP contribution is -1.98. The van der Waals surface area contributed by atoms with Crippen LogP contribution in [0.2, 0.25) is 0 Å². The molecule has 0 amide bonds. The van der Waals surface area contributed by atoms with E-state index in [0.29, 0.717) is 4.60 Å². The Balaban J connectivity index is 2.86. The minimum absolute atomic E-state index is 0.168. The van der Waals surface area contributed by atoms with Crippen LogP contribution in [0.3, 0.4) is 0 Å². The number of aromatic amines is 1. The maximum Gasteiger partial charge on any atom is 0.336 e. The van der Waals surface area contributed by atoms with Crippen LogP contribution in [0.5, 0.6) is 0 Å². The molecule has 0 aliphatic heterocycles. The number of hydrogen-bond donors (Lipinski definition) is 2. The summed E-state index contributed by atoms with van der Waals surface area (Å²) in [5.41, 5.74) is -0.229. The fraction of sp³-hybridized carbons (Fsp3) is 0. The summed E-state index contributed by atoms with van der Waals surface area (Å²) in [6, 6.07) is 2.27. The van der Waals surface area contributed by atoms with Gasteiger partial charge in [0.25, 0.3) is 5.69 Å². The van der Waals surface area contributed by atoms with Crippen molar-refractivity contribution in [1.82, 2.24) is 10.2 Å². The first-order valence-corrected chi connectivity index (χ1v) is 4.85. The van der Waals surface area contributed by atoms with E-state index in [1.54, 1.807) is 0 Å². The van der Waals surface area contributed by atoms with Crippen LogP contribution >= 0.6 is 15.9 Å². The predicted octanol–water partition coefficient (Wildman–Crippen LogP) is 1.93. The summed E-state index contributed by atoms with van der Waals surface area (Å²) in [7, 11) is 0. The number of rotatable bonds is 2. The molecule has 8 heteroatoms. The zero-order valence-electron chi connectivity index (χ0n) is 7.60. The molecule has 0 saturated carbocycles. The topological polar surface area (TPSA) is 109 Å². The van der Waals surface area contributed by atoms with Gasteiger partial charge >= 0.3 is 5.97 Å². The van der Waals surface area contributed by atoms with E-state index in [0.717, 1.165) is 6.07 Å². The van der Waals surface area contributed by atoms with E-state index in [4.69, 9.17) is 5.11 Å². The maximum atomic E-state index is 10.8. The zero-order valence-corrected chi connectivity index (χ0v) is 9.19. The summed E-state index contributed by atoms with van der Waals surface area (Å²) in [5.74, 6) is -1.23. The Morgan fingerprint density at radius 2 is 2.25 bits per heavy atom. The lowest BCUT2D eigenvalue weighted by atomic mass is 10.1. The fourth-order valence-corrected chi connectivity index (χ4v) is 1.85. The molecular weight excluding hydrogens is 282 g/mol. The quantitative estimate of drug-likeness (QED) is 0.647. The molecule has 0 aliphatic rings. The summed E-state index contributed by atoms with van der Waals surface area (Å²) < 4.78 is 0.353. The van der Waals surface area contributed by atoms with Gasteiger partial charge in [0.05, 0.1) is 10.5 Å². The number of halogens is 1. The fourth-order valence-electron chi connectivity index (χ4n) is 1.36. The molecule has 1 aromatic carbocycles. The Hall–Kier alpha value is -1.96. The van der Waals surface area contributed by atoms with Gasteiger partial charge in [-0.05, 0) is 22.0 Å². The van der Waals surface area contributed by atoms with Crippen LogP contribution in [-0.4, -0.2) is 26.2 Å². The van der Waals surface area contributed by atoms with Gasteiger partial charge in [0.15, 0.2) is 0 Å². The minimum Gasteiger partial charge on any atom is -0.478 e. The second kappa shape index (κ2) is 3.56. The summed E-state index contributed by atoms with van der Waals surface area (Å²) in [6.45, 7) is 0. The summed E-state index contributed by atoms with van der Waals surface area (Å²) in [6.07, 6.45) is 0. The highest BCUT2D eigenvalue weighted by Gasteiger charge is 2.20. The molecule has 1 heterocycles. The van der Waals surface area contributed by atoms with Gasteiger partial charge in [0, 0.05) is 6.07 Å². The first kappa shape index (κ1) is 10.6. The zero-order chi connectivity index (χ0) is 11.9. The van der Waals surface area contributed by atoms with Gasteiger partial charge in [-0.2, -0.15) is 5.10 Å². The van der Waals surface area contributed by atoms with Crippen molar-refractivity contribution in [2.75, 3.05) is 0 Å². The number of carbonyl (C=O) groups is 1. The van der Waals surface area contributed by atoms with Crippen LogP contribution in [0.4, 0.5) is 5.69 Å². The minimum atomic E-state index is -1.23. The molecule has 0 fully saturated rings. The molecule has 0 spiro atoms. The molecule has 0 bridgehead atoms. The molecule has 0 radical (unpaired) electrons. The van der Waals surface area contributed by atoms with Gasteiger partial charge in [-0.3, -0.25) is 15.2 Å². The number of carboxylic acids is 1. The molecule has 2 N–H and O–H groups in total. The normalized spacial score (nSPS) is 10.6. The van der Waals surface area contributed by atoms with E-state index in [1.807, 2.05) is 0 Å². The second-order valence-electron chi connectivity index (χ2n) is 2.99. The van der Waals surface area contributed by atoms with Crippen molar-refractivity contribution in [1.29, 1.82) is 0 Å². The van der Waals surface area contributed by atoms with Crippen molar-refractivity contribution < 1.29 is 14.8 Å². The monoisotopic (exact) mass is 285 g/mol. The van der Waals surface area contributed by atoms with Gasteiger partial charge in [-0.15, -0.1) is 0 Å². The first-order chi connectivity index (χ1) is 7.50. The van der Waals surface area contributed by atoms with Crippen molar-refractivity contribution >= 4 is 38.5 Å². The van der Waals surface area contributed by atoms with E-state index < -0.39 is 10.9 Å². The summed E-state index contributed by atoms with van der Waals surface area (Å²) in [4.78, 5) is 20.9. The number of nitro benzene ring substituents is 1. The molecule has 16 heavy (non-hydrogen) atoms. The SMILES string of the molecule is O=C(O)c1cc([N+](=O)[O-])c2c(Br)[nH]nc2c1. The lowest BCUT2D eigenvalue weighted by Gasteiger charge is -1.97. The third-order valence-corrected chi connectivity index (χ3v) is 2.61. The van der Waals surface area contributed by atoms with Crippen molar-refractivity contribution in [2.45, 2.75) is 0 Å². The molecule has 2 aromatic rings. The van der Waals surface area contributed by atoms with Crippen LogP contribution in [0.15, 0.2) is 16.7 Å². The molecule has 0 unspecified atom stereocenters. The highest BCUT2D eigenvalue weighted by Crippen LogP contribution is 2.31. The number of hydrogen-bond acceptors (Lipinski definition) is 4. The molecule has 0 aliphatic carbocycles. The molecule has 82 valence electrons. The Morgan fingerprint density at radius 1 is 1.56 bits per heavy atom. The van der Waals surface area contributed by atoms with Crippen LogP contribution in [0.25, 0.3) is 10.9 Å². The first-order valence-electron chi connectivity index (χ1n) is 4.06. The summed E-state index contributed by atoms with van der Waals surface area (Å²) in [5, 5.41) is 26.1. The number of nitrogens with zero attached hydrogens (tertiary/aromatic N) is 2. The number of carboxylic acid groups (broad SMARTS) is 1. The number of fused-ring (bicyclic) bond motifs is 1. The maximum absolute atomic E-state index is 10.8. The van der Waals surface area contributed by atoms with Gasteiger partial charge in [-0.1, -0.05) is 0 Å². The standard InChI is InChI=1S/C8H4BrN3O4/c9-7-6-4(10-11-7)1-3(8(13)14)2-5(6)12(15)16/h1-2H,(H,10,11)(H,13,14). The van der Waals surface area contributed by atoms with Gasteiger partial charge in [0.2, 0.25) is 0 Å². The highest BCUT2D eigenvalue weighted by molar-refractivity contribution is 9.10. The second-order valence-corrected chi connectivity index (χ2v) is 3.78. The van der Waals surface area contributed by atoms with E-state index in [2.05, 4.69) is 26.1 Å². The van der Waals surface area contributed by atoms with E-state index in [-0.39, 0.29) is 22.2 Å². The number of benzene rings is 1. The average Bonchev–Trinajstić information content (AvgIpc) is 2.59. The number of H-pyrrole nitrogens is 1. The number of non-ortho nitro benzene ring substituents is 1. The van der Waals surface area contributed by atoms with Crippen molar-refractivity contribution in [3.8, 4) is 0 Å². The van der Waals surface area contributed by atoms with Gasteiger partial charge in [-0.25, -0.2) is 4.79 Å². The van der Waals surface area contributed by atoms with Crippen LogP contribution in [0.1, 0.15) is 10.4 Å². The molecular formula is C8H4BrN3O4. The third-order valence-electron chi connectivity index (χ3n) is 2.03.